The number of likely N-dealkylation sites (tertiary alicyclic amines) is 1. The van der Waals surface area contributed by atoms with Gasteiger partial charge in [-0.1, -0.05) is 38.2 Å². The van der Waals surface area contributed by atoms with Crippen LogP contribution in [-0.4, -0.2) is 52.3 Å². The van der Waals surface area contributed by atoms with E-state index >= 15 is 0 Å². The zero-order valence-electron chi connectivity index (χ0n) is 17.7. The number of aromatic nitrogens is 1. The highest BCUT2D eigenvalue weighted by molar-refractivity contribution is 6.06. The lowest BCUT2D eigenvalue weighted by molar-refractivity contribution is -0.131. The first kappa shape index (κ1) is 20.3. The average molecular weight is 398 g/mol. The van der Waals surface area contributed by atoms with E-state index < -0.39 is 5.54 Å². The second-order valence-electron chi connectivity index (χ2n) is 9.36. The molecule has 3 aliphatic rings. The van der Waals surface area contributed by atoms with Crippen molar-refractivity contribution in [1.29, 1.82) is 0 Å². The molecule has 0 radical (unpaired) electrons. The van der Waals surface area contributed by atoms with Crippen LogP contribution in [0.2, 0.25) is 0 Å². The summed E-state index contributed by atoms with van der Waals surface area (Å²) in [6.45, 7) is 3.02. The van der Waals surface area contributed by atoms with Gasteiger partial charge in [0.25, 0.3) is 5.91 Å². The van der Waals surface area contributed by atoms with Crippen molar-refractivity contribution in [3.63, 3.8) is 0 Å². The number of likely N-dealkylation sites (N-methyl/N-ethyl adjacent to an activating group) is 1. The Morgan fingerprint density at radius 3 is 2.72 bits per heavy atom. The maximum atomic E-state index is 13.2. The topological polar surface area (TPSA) is 74.8 Å². The second-order valence-corrected chi connectivity index (χ2v) is 9.36. The lowest BCUT2D eigenvalue weighted by atomic mass is 9.78. The lowest BCUT2D eigenvalue weighted by Gasteiger charge is -2.30. The standard InChI is InChI=1S/C23H35N5O/c1-27-21(29)23(26-22(27)24,11-9-18-6-3-2-4-7-18)14-19-10-13-28(16-19)17-20-8-5-12-25-15-20/h5,8,12,15,18-19H,2-4,6-7,9-11,13-14,16-17H2,1H3,(H2,24,26)/t19?,23-/m0/s1. The SMILES string of the molecule is CN1C(=O)[C@](CCC2CCCCC2)(CC2CCN(Cc3cccnc3)C2)N=C1N. The number of hydrogen-bond donors (Lipinski definition) is 1. The van der Waals surface area contributed by atoms with Crippen LogP contribution >= 0.6 is 0 Å². The Morgan fingerprint density at radius 1 is 1.21 bits per heavy atom. The molecule has 1 aromatic rings. The van der Waals surface area contributed by atoms with Gasteiger partial charge in [0.2, 0.25) is 0 Å². The molecule has 1 saturated carbocycles. The molecule has 1 aliphatic carbocycles. The summed E-state index contributed by atoms with van der Waals surface area (Å²) < 4.78 is 0. The quantitative estimate of drug-likeness (QED) is 0.767. The molecule has 2 fully saturated rings. The molecule has 0 bridgehead atoms. The predicted molar refractivity (Wildman–Crippen MR) is 115 cm³/mol. The molecule has 4 rings (SSSR count). The Morgan fingerprint density at radius 2 is 2.03 bits per heavy atom. The highest BCUT2D eigenvalue weighted by atomic mass is 16.2. The normalized spacial score (nSPS) is 28.9. The predicted octanol–water partition coefficient (Wildman–Crippen LogP) is 3.18. The van der Waals surface area contributed by atoms with Crippen LogP contribution < -0.4 is 5.73 Å². The number of guanidine groups is 1. The highest BCUT2D eigenvalue weighted by Crippen LogP contribution is 2.39. The highest BCUT2D eigenvalue weighted by Gasteiger charge is 2.48. The Hall–Kier alpha value is -1.95. The van der Waals surface area contributed by atoms with Crippen molar-refractivity contribution in [2.24, 2.45) is 22.6 Å². The van der Waals surface area contributed by atoms with Gasteiger partial charge in [0.1, 0.15) is 5.54 Å². The van der Waals surface area contributed by atoms with E-state index in [1.165, 1.54) is 37.7 Å². The third kappa shape index (κ3) is 4.63. The van der Waals surface area contributed by atoms with Gasteiger partial charge < -0.3 is 5.73 Å². The van der Waals surface area contributed by atoms with Crippen molar-refractivity contribution in [2.45, 2.75) is 69.9 Å². The first-order valence-corrected chi connectivity index (χ1v) is 11.3. The van der Waals surface area contributed by atoms with Crippen LogP contribution in [-0.2, 0) is 11.3 Å². The van der Waals surface area contributed by atoms with E-state index in [-0.39, 0.29) is 5.91 Å². The fraction of sp³-hybridized carbons (Fsp3) is 0.696. The Kier molecular flexibility index (Phi) is 6.18. The summed E-state index contributed by atoms with van der Waals surface area (Å²) in [7, 11) is 1.77. The number of nitrogens with zero attached hydrogens (tertiary/aromatic N) is 4. The summed E-state index contributed by atoms with van der Waals surface area (Å²) in [4.78, 5) is 26.2. The molecule has 2 atom stereocenters. The molecule has 6 heteroatoms. The zero-order chi connectivity index (χ0) is 20.3. The summed E-state index contributed by atoms with van der Waals surface area (Å²) in [5.74, 6) is 1.74. The van der Waals surface area contributed by atoms with Crippen LogP contribution in [0.5, 0.6) is 0 Å². The lowest BCUT2D eigenvalue weighted by Crippen LogP contribution is -2.43. The van der Waals surface area contributed by atoms with Crippen LogP contribution in [0.15, 0.2) is 29.5 Å². The van der Waals surface area contributed by atoms with Crippen molar-refractivity contribution < 1.29 is 4.79 Å². The van der Waals surface area contributed by atoms with E-state index in [4.69, 9.17) is 10.7 Å². The van der Waals surface area contributed by atoms with Gasteiger partial charge in [-0.3, -0.25) is 19.6 Å². The minimum absolute atomic E-state index is 0.108. The maximum Gasteiger partial charge on any atom is 0.257 e. The summed E-state index contributed by atoms with van der Waals surface area (Å²) in [5, 5.41) is 0. The van der Waals surface area contributed by atoms with E-state index in [1.807, 2.05) is 18.5 Å². The molecule has 1 saturated heterocycles. The molecule has 1 amide bonds. The second kappa shape index (κ2) is 8.82. The molecule has 1 unspecified atom stereocenters. The molecule has 29 heavy (non-hydrogen) atoms. The van der Waals surface area contributed by atoms with Gasteiger partial charge >= 0.3 is 0 Å². The fourth-order valence-electron chi connectivity index (χ4n) is 5.53. The largest absolute Gasteiger partial charge is 0.369 e. The van der Waals surface area contributed by atoms with Crippen molar-refractivity contribution in [1.82, 2.24) is 14.8 Å². The summed E-state index contributed by atoms with van der Waals surface area (Å²) in [6.07, 6.45) is 14.3. The van der Waals surface area contributed by atoms with Crippen LogP contribution in [0, 0.1) is 11.8 Å². The Bertz CT molecular complexity index is 730. The smallest absolute Gasteiger partial charge is 0.257 e. The monoisotopic (exact) mass is 397 g/mol. The van der Waals surface area contributed by atoms with Gasteiger partial charge in [0.15, 0.2) is 5.96 Å². The molecule has 2 N–H and O–H groups in total. The van der Waals surface area contributed by atoms with Crippen LogP contribution in [0.1, 0.15) is 63.4 Å². The third-order valence-electron chi connectivity index (χ3n) is 7.19. The van der Waals surface area contributed by atoms with E-state index in [1.54, 1.807) is 11.9 Å². The van der Waals surface area contributed by atoms with Gasteiger partial charge in [-0.05, 0) is 55.7 Å². The Labute approximate surface area is 174 Å². The summed E-state index contributed by atoms with van der Waals surface area (Å²) >= 11 is 0. The zero-order valence-corrected chi connectivity index (χ0v) is 17.7. The molecule has 1 aromatic heterocycles. The Balaban J connectivity index is 1.40. The van der Waals surface area contributed by atoms with E-state index in [0.717, 1.165) is 51.2 Å². The summed E-state index contributed by atoms with van der Waals surface area (Å²) in [5.41, 5.74) is 6.71. The van der Waals surface area contributed by atoms with Gasteiger partial charge in [-0.15, -0.1) is 0 Å². The molecule has 0 spiro atoms. The molecule has 158 valence electrons. The number of carbonyl (C=O) groups excluding carboxylic acids is 1. The van der Waals surface area contributed by atoms with Crippen molar-refractivity contribution in [3.8, 4) is 0 Å². The van der Waals surface area contributed by atoms with Gasteiger partial charge in [0.05, 0.1) is 0 Å². The number of nitrogens with two attached hydrogens (primary N) is 1. The van der Waals surface area contributed by atoms with Crippen LogP contribution in [0.25, 0.3) is 0 Å². The fourth-order valence-corrected chi connectivity index (χ4v) is 5.53. The average Bonchev–Trinajstić information content (AvgIpc) is 3.26. The van der Waals surface area contributed by atoms with Crippen LogP contribution in [0.4, 0.5) is 0 Å². The minimum atomic E-state index is -0.634. The maximum absolute atomic E-state index is 13.2. The van der Waals surface area contributed by atoms with Gasteiger partial charge in [-0.2, -0.15) is 0 Å². The van der Waals surface area contributed by atoms with Gasteiger partial charge in [-0.25, -0.2) is 4.99 Å². The molecule has 3 heterocycles. The third-order valence-corrected chi connectivity index (χ3v) is 7.19. The van der Waals surface area contributed by atoms with Gasteiger partial charge in [0, 0.05) is 32.5 Å². The number of rotatable bonds is 7. The van der Waals surface area contributed by atoms with Crippen LogP contribution in [0.3, 0.4) is 0 Å². The van der Waals surface area contributed by atoms with Crippen molar-refractivity contribution in [3.05, 3.63) is 30.1 Å². The number of pyridine rings is 1. The number of aliphatic imine (C=N–C) groups is 1. The first-order valence-electron chi connectivity index (χ1n) is 11.3. The molecular weight excluding hydrogens is 362 g/mol. The van der Waals surface area contributed by atoms with Crippen molar-refractivity contribution in [2.75, 3.05) is 20.1 Å². The number of carbonyl (C=O) groups is 1. The molecular formula is C23H35N5O. The van der Waals surface area contributed by atoms with E-state index in [0.29, 0.717) is 11.9 Å². The van der Waals surface area contributed by atoms with E-state index in [2.05, 4.69) is 16.0 Å². The summed E-state index contributed by atoms with van der Waals surface area (Å²) in [6, 6.07) is 4.13. The molecule has 6 nitrogen and oxygen atoms in total. The van der Waals surface area contributed by atoms with Crippen molar-refractivity contribution >= 4 is 11.9 Å². The van der Waals surface area contributed by atoms with E-state index in [9.17, 15) is 4.79 Å². The number of hydrogen-bond acceptors (Lipinski definition) is 5. The molecule has 2 aliphatic heterocycles. The molecule has 0 aromatic carbocycles. The first-order chi connectivity index (χ1) is 14.1. The number of amides is 1. The minimum Gasteiger partial charge on any atom is -0.369 e.